The number of carbonyl (C=O) groups excluding carboxylic acids is 1. The molecule has 1 aliphatic heterocycles. The van der Waals surface area contributed by atoms with E-state index < -0.39 is 0 Å². The molecule has 1 fully saturated rings. The first-order valence-electron chi connectivity index (χ1n) is 10.0. The van der Waals surface area contributed by atoms with Crippen LogP contribution in [0.25, 0.3) is 16.9 Å². The van der Waals surface area contributed by atoms with Crippen molar-refractivity contribution in [2.45, 2.75) is 11.9 Å². The fourth-order valence-electron chi connectivity index (χ4n) is 3.80. The minimum atomic E-state index is -0.0841. The topological polar surface area (TPSA) is 38.1 Å². The van der Waals surface area contributed by atoms with Crippen molar-refractivity contribution in [2.24, 2.45) is 0 Å². The Kier molecular flexibility index (Phi) is 5.66. The van der Waals surface area contributed by atoms with Crippen LogP contribution in [0, 0.1) is 0 Å². The average molecular weight is 490 g/mol. The number of benzene rings is 3. The van der Waals surface area contributed by atoms with Crippen LogP contribution in [0.2, 0.25) is 0 Å². The predicted octanol–water partition coefficient (Wildman–Crippen LogP) is 6.08. The molecule has 0 spiro atoms. The summed E-state index contributed by atoms with van der Waals surface area (Å²) in [5.74, 6) is 0.637. The Bertz CT molecular complexity index is 1210. The highest BCUT2D eigenvalue weighted by Crippen LogP contribution is 2.43. The van der Waals surface area contributed by atoms with Crippen LogP contribution in [0.15, 0.2) is 95.6 Å². The summed E-state index contributed by atoms with van der Waals surface area (Å²) < 4.78 is 2.91. The number of amides is 1. The zero-order valence-corrected chi connectivity index (χ0v) is 19.1. The number of aromatic nitrogens is 2. The minimum Gasteiger partial charge on any atom is -0.321 e. The van der Waals surface area contributed by atoms with E-state index in [4.69, 9.17) is 5.10 Å². The first-order chi connectivity index (χ1) is 15.2. The molecular weight excluding hydrogens is 470 g/mol. The van der Waals surface area contributed by atoms with Gasteiger partial charge >= 0.3 is 0 Å². The maximum atomic E-state index is 12.8. The fraction of sp³-hybridized carbons (Fsp3) is 0.120. The second-order valence-corrected chi connectivity index (χ2v) is 9.38. The van der Waals surface area contributed by atoms with Gasteiger partial charge in [-0.15, -0.1) is 11.8 Å². The third-order valence-electron chi connectivity index (χ3n) is 5.29. The zero-order valence-electron chi connectivity index (χ0n) is 16.7. The average Bonchev–Trinajstić information content (AvgIpc) is 3.39. The van der Waals surface area contributed by atoms with E-state index in [0.29, 0.717) is 12.3 Å². The molecule has 0 aliphatic carbocycles. The van der Waals surface area contributed by atoms with Crippen molar-refractivity contribution in [3.8, 4) is 16.9 Å². The number of nitrogens with zero attached hydrogens (tertiary/aromatic N) is 3. The zero-order chi connectivity index (χ0) is 21.2. The predicted molar refractivity (Wildman–Crippen MR) is 129 cm³/mol. The van der Waals surface area contributed by atoms with Crippen LogP contribution in [-0.4, -0.2) is 26.3 Å². The molecule has 3 aromatic carbocycles. The lowest BCUT2D eigenvalue weighted by Crippen LogP contribution is -2.27. The SMILES string of the molecule is O=C1CS[C@H](c2cn(-c3ccccc3)nc2-c2cccc(Br)c2)N1Cc1ccccc1. The van der Waals surface area contributed by atoms with E-state index in [-0.39, 0.29) is 11.3 Å². The summed E-state index contributed by atoms with van der Waals surface area (Å²) in [6, 6.07) is 28.4. The van der Waals surface area contributed by atoms with Crippen LogP contribution in [0.3, 0.4) is 0 Å². The van der Waals surface area contributed by atoms with Crippen molar-refractivity contribution in [3.63, 3.8) is 0 Å². The molecule has 1 amide bonds. The van der Waals surface area contributed by atoms with Gasteiger partial charge in [-0.1, -0.05) is 76.6 Å². The highest BCUT2D eigenvalue weighted by Gasteiger charge is 2.35. The maximum absolute atomic E-state index is 12.8. The van der Waals surface area contributed by atoms with Gasteiger partial charge in [-0.3, -0.25) is 4.79 Å². The van der Waals surface area contributed by atoms with Crippen LogP contribution >= 0.6 is 27.7 Å². The molecule has 31 heavy (non-hydrogen) atoms. The van der Waals surface area contributed by atoms with Crippen molar-refractivity contribution in [2.75, 3.05) is 5.75 Å². The summed E-state index contributed by atoms with van der Waals surface area (Å²) in [5.41, 5.74) is 5.10. The van der Waals surface area contributed by atoms with E-state index >= 15 is 0 Å². The molecule has 0 radical (unpaired) electrons. The summed E-state index contributed by atoms with van der Waals surface area (Å²) in [5, 5.41) is 4.86. The van der Waals surface area contributed by atoms with Gasteiger partial charge in [0, 0.05) is 28.3 Å². The van der Waals surface area contributed by atoms with Crippen LogP contribution in [-0.2, 0) is 11.3 Å². The van der Waals surface area contributed by atoms with Crippen molar-refractivity contribution in [1.82, 2.24) is 14.7 Å². The third-order valence-corrected chi connectivity index (χ3v) is 7.02. The third kappa shape index (κ3) is 4.18. The van der Waals surface area contributed by atoms with E-state index in [1.165, 1.54) is 0 Å². The minimum absolute atomic E-state index is 0.0841. The Balaban J connectivity index is 1.59. The smallest absolute Gasteiger partial charge is 0.234 e. The molecule has 2 heterocycles. The van der Waals surface area contributed by atoms with Gasteiger partial charge in [0.25, 0.3) is 0 Å². The molecular formula is C25H20BrN3OS. The lowest BCUT2D eigenvalue weighted by molar-refractivity contribution is -0.128. The number of hydrogen-bond donors (Lipinski definition) is 0. The normalized spacial score (nSPS) is 16.1. The van der Waals surface area contributed by atoms with Gasteiger partial charge in [0.2, 0.25) is 5.91 Å². The monoisotopic (exact) mass is 489 g/mol. The molecule has 4 nitrogen and oxygen atoms in total. The molecule has 0 unspecified atom stereocenters. The lowest BCUT2D eigenvalue weighted by Gasteiger charge is -2.24. The molecule has 1 atom stereocenters. The molecule has 1 aromatic heterocycles. The van der Waals surface area contributed by atoms with Gasteiger partial charge in [0.05, 0.1) is 17.1 Å². The summed E-state index contributed by atoms with van der Waals surface area (Å²) in [7, 11) is 0. The fourth-order valence-corrected chi connectivity index (χ4v) is 5.39. The van der Waals surface area contributed by atoms with E-state index in [1.54, 1.807) is 11.8 Å². The Labute approximate surface area is 194 Å². The molecule has 0 N–H and O–H groups in total. The number of hydrogen-bond acceptors (Lipinski definition) is 3. The Hall–Kier alpha value is -2.83. The molecule has 4 aromatic rings. The van der Waals surface area contributed by atoms with Crippen molar-refractivity contribution in [1.29, 1.82) is 0 Å². The number of halogens is 1. The Morgan fingerprint density at radius 1 is 0.968 bits per heavy atom. The summed E-state index contributed by atoms with van der Waals surface area (Å²) in [6.45, 7) is 0.589. The summed E-state index contributed by atoms with van der Waals surface area (Å²) in [4.78, 5) is 14.8. The van der Waals surface area contributed by atoms with Crippen molar-refractivity contribution in [3.05, 3.63) is 107 Å². The van der Waals surface area contributed by atoms with Gasteiger partial charge in [-0.05, 0) is 29.8 Å². The van der Waals surface area contributed by atoms with Crippen LogP contribution < -0.4 is 0 Å². The number of rotatable bonds is 5. The van der Waals surface area contributed by atoms with Gasteiger partial charge in [0.15, 0.2) is 0 Å². The summed E-state index contributed by atoms with van der Waals surface area (Å²) >= 11 is 5.24. The number of carbonyl (C=O) groups is 1. The largest absolute Gasteiger partial charge is 0.321 e. The van der Waals surface area contributed by atoms with E-state index in [0.717, 1.165) is 32.5 Å². The standard InChI is InChI=1S/C25H20BrN3OS/c26-20-11-7-10-19(14-20)24-22(16-29(27-24)21-12-5-2-6-13-21)25-28(23(30)17-31-25)15-18-8-3-1-4-9-18/h1-14,16,25H,15,17H2/t25-/m1/s1. The first kappa shape index (κ1) is 20.1. The molecule has 1 saturated heterocycles. The van der Waals surface area contributed by atoms with Crippen LogP contribution in [0.5, 0.6) is 0 Å². The van der Waals surface area contributed by atoms with E-state index in [2.05, 4.69) is 46.4 Å². The van der Waals surface area contributed by atoms with E-state index in [9.17, 15) is 4.79 Å². The highest BCUT2D eigenvalue weighted by atomic mass is 79.9. The maximum Gasteiger partial charge on any atom is 0.234 e. The highest BCUT2D eigenvalue weighted by molar-refractivity contribution is 9.10. The first-order valence-corrected chi connectivity index (χ1v) is 11.9. The van der Waals surface area contributed by atoms with Crippen molar-refractivity contribution < 1.29 is 4.79 Å². The van der Waals surface area contributed by atoms with Crippen molar-refractivity contribution >= 4 is 33.6 Å². The second-order valence-electron chi connectivity index (χ2n) is 7.39. The van der Waals surface area contributed by atoms with Gasteiger partial charge in [0.1, 0.15) is 5.37 Å². The molecule has 154 valence electrons. The van der Waals surface area contributed by atoms with Gasteiger partial charge < -0.3 is 4.90 Å². The van der Waals surface area contributed by atoms with Crippen LogP contribution in [0.1, 0.15) is 16.5 Å². The lowest BCUT2D eigenvalue weighted by atomic mass is 10.1. The quantitative estimate of drug-likeness (QED) is 0.341. The molecule has 5 rings (SSSR count). The second kappa shape index (κ2) is 8.73. The van der Waals surface area contributed by atoms with Gasteiger partial charge in [-0.2, -0.15) is 5.10 Å². The summed E-state index contributed by atoms with van der Waals surface area (Å²) in [6.07, 6.45) is 2.07. The van der Waals surface area contributed by atoms with E-state index in [1.807, 2.05) is 70.2 Å². The van der Waals surface area contributed by atoms with Gasteiger partial charge in [-0.25, -0.2) is 4.68 Å². The molecule has 1 aliphatic rings. The number of para-hydroxylation sites is 1. The molecule has 0 bridgehead atoms. The van der Waals surface area contributed by atoms with Crippen LogP contribution in [0.4, 0.5) is 0 Å². The molecule has 0 saturated carbocycles. The molecule has 6 heteroatoms. The number of thioether (sulfide) groups is 1. The Morgan fingerprint density at radius 2 is 1.71 bits per heavy atom. The Morgan fingerprint density at radius 3 is 2.45 bits per heavy atom.